The molecule has 0 saturated heterocycles. The molecule has 9 heteroatoms. The van der Waals surface area contributed by atoms with Crippen molar-refractivity contribution in [2.75, 3.05) is 16.0 Å². The average Bonchev–Trinajstić information content (AvgIpc) is 3.10. The molecular weight excluding hydrogens is 451 g/mol. The van der Waals surface area contributed by atoms with E-state index >= 15 is 0 Å². The van der Waals surface area contributed by atoms with Gasteiger partial charge < -0.3 is 5.32 Å². The highest BCUT2D eigenvalue weighted by molar-refractivity contribution is 8.14. The number of halogens is 3. The number of anilines is 2. The van der Waals surface area contributed by atoms with Crippen LogP contribution in [-0.2, 0) is 9.59 Å². The summed E-state index contributed by atoms with van der Waals surface area (Å²) >= 11 is 0.958. The van der Waals surface area contributed by atoms with Crippen LogP contribution in [0.3, 0.4) is 0 Å². The molecule has 1 aliphatic heterocycles. The lowest BCUT2D eigenvalue weighted by Crippen LogP contribution is -2.31. The van der Waals surface area contributed by atoms with Crippen LogP contribution in [0.15, 0.2) is 83.5 Å². The number of carbonyl (C=O) groups excluding carboxylic acids is 2. The first-order valence-corrected chi connectivity index (χ1v) is 10.7. The predicted octanol–water partition coefficient (Wildman–Crippen LogP) is 5.22. The van der Waals surface area contributed by atoms with Gasteiger partial charge in [-0.05, 0) is 48.0 Å². The summed E-state index contributed by atoms with van der Waals surface area (Å²) in [6.07, 6.45) is 1.61. The molecule has 5 nitrogen and oxygen atoms in total. The van der Waals surface area contributed by atoms with E-state index in [0.29, 0.717) is 11.8 Å². The SMILES string of the molecule is O=C(CSC1=NC(=Cc2ccccc2)C(=O)N1c1ccc(F)cc1)Nc1ccc(F)cc1F. The molecule has 0 radical (unpaired) electrons. The molecule has 0 spiro atoms. The monoisotopic (exact) mass is 467 g/mol. The van der Waals surface area contributed by atoms with Gasteiger partial charge in [0.25, 0.3) is 5.91 Å². The lowest BCUT2D eigenvalue weighted by atomic mass is 10.2. The summed E-state index contributed by atoms with van der Waals surface area (Å²) in [5.74, 6) is -3.32. The lowest BCUT2D eigenvalue weighted by molar-refractivity contribution is -0.114. The molecule has 1 N–H and O–H groups in total. The van der Waals surface area contributed by atoms with E-state index in [9.17, 15) is 22.8 Å². The summed E-state index contributed by atoms with van der Waals surface area (Å²) in [4.78, 5) is 31.1. The van der Waals surface area contributed by atoms with Gasteiger partial charge >= 0.3 is 0 Å². The van der Waals surface area contributed by atoms with Crippen LogP contribution in [0.25, 0.3) is 6.08 Å². The number of aliphatic imine (C=N–C) groups is 1. The van der Waals surface area contributed by atoms with Gasteiger partial charge in [-0.25, -0.2) is 18.2 Å². The summed E-state index contributed by atoms with van der Waals surface area (Å²) < 4.78 is 40.3. The molecule has 0 aromatic heterocycles. The Bertz CT molecular complexity index is 1260. The number of amidine groups is 1. The highest BCUT2D eigenvalue weighted by Gasteiger charge is 2.32. The Kier molecular flexibility index (Phi) is 6.60. The van der Waals surface area contributed by atoms with Gasteiger partial charge in [0.1, 0.15) is 23.1 Å². The van der Waals surface area contributed by atoms with E-state index in [1.807, 2.05) is 30.3 Å². The summed E-state index contributed by atoms with van der Waals surface area (Å²) in [6.45, 7) is 0. The number of benzene rings is 3. The molecule has 4 rings (SSSR count). The molecule has 1 aliphatic rings. The molecule has 3 aromatic rings. The van der Waals surface area contributed by atoms with Crippen molar-refractivity contribution in [2.24, 2.45) is 4.99 Å². The third kappa shape index (κ3) is 5.32. The number of carbonyl (C=O) groups is 2. The minimum Gasteiger partial charge on any atom is -0.323 e. The second kappa shape index (κ2) is 9.74. The first-order valence-electron chi connectivity index (χ1n) is 9.74. The summed E-state index contributed by atoms with van der Waals surface area (Å²) in [5.41, 5.74) is 1.14. The molecule has 0 atom stereocenters. The van der Waals surface area contributed by atoms with Crippen LogP contribution in [0.1, 0.15) is 5.56 Å². The van der Waals surface area contributed by atoms with E-state index in [1.165, 1.54) is 29.2 Å². The van der Waals surface area contributed by atoms with E-state index in [0.717, 1.165) is 29.5 Å². The standard InChI is InChI=1S/C24H16F3N3O2S/c25-16-6-9-18(10-7-16)30-23(32)21(12-15-4-2-1-3-5-15)29-24(30)33-14-22(31)28-20-11-8-17(26)13-19(20)27/h1-13H,14H2,(H,28,31). The zero-order valence-corrected chi connectivity index (χ0v) is 17.8. The fourth-order valence-electron chi connectivity index (χ4n) is 3.03. The minimum absolute atomic E-state index is 0.151. The average molecular weight is 467 g/mol. The van der Waals surface area contributed by atoms with Crippen molar-refractivity contribution in [2.45, 2.75) is 0 Å². The zero-order chi connectivity index (χ0) is 23.4. The van der Waals surface area contributed by atoms with Crippen LogP contribution in [0.5, 0.6) is 0 Å². The van der Waals surface area contributed by atoms with E-state index in [2.05, 4.69) is 10.3 Å². The molecule has 2 amide bonds. The topological polar surface area (TPSA) is 61.8 Å². The fraction of sp³-hybridized carbons (Fsp3) is 0.0417. The number of nitrogens with one attached hydrogen (secondary N) is 1. The van der Waals surface area contributed by atoms with E-state index in [4.69, 9.17) is 0 Å². The third-order valence-electron chi connectivity index (χ3n) is 4.55. The van der Waals surface area contributed by atoms with Gasteiger partial charge in [-0.2, -0.15) is 0 Å². The lowest BCUT2D eigenvalue weighted by Gasteiger charge is -2.17. The Hall–Kier alpha value is -3.85. The van der Waals surface area contributed by atoms with Crippen LogP contribution in [0, 0.1) is 17.5 Å². The highest BCUT2D eigenvalue weighted by atomic mass is 32.2. The first kappa shape index (κ1) is 22.3. The molecule has 0 saturated carbocycles. The normalized spacial score (nSPS) is 14.5. The molecule has 33 heavy (non-hydrogen) atoms. The maximum Gasteiger partial charge on any atom is 0.283 e. The Morgan fingerprint density at radius 2 is 1.67 bits per heavy atom. The Morgan fingerprint density at radius 1 is 0.970 bits per heavy atom. The van der Waals surface area contributed by atoms with Crippen molar-refractivity contribution in [1.29, 1.82) is 0 Å². The fourth-order valence-corrected chi connectivity index (χ4v) is 3.84. The van der Waals surface area contributed by atoms with Crippen LogP contribution in [0.2, 0.25) is 0 Å². The Morgan fingerprint density at radius 3 is 2.36 bits per heavy atom. The van der Waals surface area contributed by atoms with Gasteiger partial charge in [0.2, 0.25) is 5.91 Å². The van der Waals surface area contributed by atoms with Gasteiger partial charge in [0.15, 0.2) is 5.17 Å². The maximum absolute atomic E-state index is 13.8. The van der Waals surface area contributed by atoms with Gasteiger partial charge in [0.05, 0.1) is 17.1 Å². The number of hydrogen-bond donors (Lipinski definition) is 1. The van der Waals surface area contributed by atoms with Gasteiger partial charge in [-0.3, -0.25) is 14.5 Å². The molecule has 166 valence electrons. The van der Waals surface area contributed by atoms with Crippen LogP contribution >= 0.6 is 11.8 Å². The van der Waals surface area contributed by atoms with E-state index in [1.54, 1.807) is 6.08 Å². The van der Waals surface area contributed by atoms with Crippen molar-refractivity contribution in [3.05, 3.63) is 102 Å². The molecule has 0 unspecified atom stereocenters. The zero-order valence-electron chi connectivity index (χ0n) is 17.0. The van der Waals surface area contributed by atoms with Crippen molar-refractivity contribution < 1.29 is 22.8 Å². The van der Waals surface area contributed by atoms with Crippen molar-refractivity contribution >= 4 is 46.2 Å². The molecule has 0 bridgehead atoms. The quantitative estimate of drug-likeness (QED) is 0.524. The predicted molar refractivity (Wildman–Crippen MR) is 123 cm³/mol. The number of thioether (sulfide) groups is 1. The van der Waals surface area contributed by atoms with E-state index in [-0.39, 0.29) is 22.3 Å². The highest BCUT2D eigenvalue weighted by Crippen LogP contribution is 2.29. The van der Waals surface area contributed by atoms with Gasteiger partial charge in [-0.1, -0.05) is 42.1 Å². The van der Waals surface area contributed by atoms with Crippen molar-refractivity contribution in [3.63, 3.8) is 0 Å². The number of amides is 2. The number of rotatable bonds is 5. The molecule has 0 fully saturated rings. The van der Waals surface area contributed by atoms with Crippen LogP contribution < -0.4 is 10.2 Å². The van der Waals surface area contributed by atoms with Crippen molar-refractivity contribution in [3.8, 4) is 0 Å². The first-order chi connectivity index (χ1) is 15.9. The smallest absolute Gasteiger partial charge is 0.283 e. The summed E-state index contributed by atoms with van der Waals surface area (Å²) in [6, 6.07) is 17.2. The molecule has 0 aliphatic carbocycles. The van der Waals surface area contributed by atoms with Gasteiger partial charge in [-0.15, -0.1) is 0 Å². The summed E-state index contributed by atoms with van der Waals surface area (Å²) in [5, 5.41) is 2.57. The van der Waals surface area contributed by atoms with Gasteiger partial charge in [0, 0.05) is 6.07 Å². The largest absolute Gasteiger partial charge is 0.323 e. The molecular formula is C24H16F3N3O2S. The molecule has 3 aromatic carbocycles. The second-order valence-corrected chi connectivity index (χ2v) is 7.86. The van der Waals surface area contributed by atoms with E-state index < -0.39 is 29.3 Å². The van der Waals surface area contributed by atoms with Crippen LogP contribution in [0.4, 0.5) is 24.5 Å². The van der Waals surface area contributed by atoms with Crippen molar-refractivity contribution in [1.82, 2.24) is 0 Å². The third-order valence-corrected chi connectivity index (χ3v) is 5.49. The minimum atomic E-state index is -0.900. The molecule has 1 heterocycles. The number of nitrogens with zero attached hydrogens (tertiary/aromatic N) is 2. The summed E-state index contributed by atoms with van der Waals surface area (Å²) in [7, 11) is 0. The van der Waals surface area contributed by atoms with Crippen LogP contribution in [-0.4, -0.2) is 22.7 Å². The number of hydrogen-bond acceptors (Lipinski definition) is 4. The Labute approximate surface area is 191 Å². The second-order valence-electron chi connectivity index (χ2n) is 6.91. The maximum atomic E-state index is 13.8. The Balaban J connectivity index is 1.56.